The number of alkyl halides is 2. The van der Waals surface area contributed by atoms with Crippen LogP contribution in [0.2, 0.25) is 0 Å². The van der Waals surface area contributed by atoms with Crippen molar-refractivity contribution in [2.24, 2.45) is 5.41 Å². The highest BCUT2D eigenvalue weighted by atomic mass is 32.2. The quantitative estimate of drug-likeness (QED) is 0.274. The molecule has 1 heterocycles. The molecule has 0 bridgehead atoms. The molecule has 0 aromatic heterocycles. The van der Waals surface area contributed by atoms with Gasteiger partial charge in [-0.2, -0.15) is 0 Å². The Labute approximate surface area is 192 Å². The summed E-state index contributed by atoms with van der Waals surface area (Å²) in [5.74, 6) is -2.19. The minimum absolute atomic E-state index is 0.182. The summed E-state index contributed by atoms with van der Waals surface area (Å²) >= 11 is 0. The van der Waals surface area contributed by atoms with Gasteiger partial charge in [0.2, 0.25) is 11.8 Å². The van der Waals surface area contributed by atoms with Crippen molar-refractivity contribution < 1.29 is 35.9 Å². The highest BCUT2D eigenvalue weighted by Gasteiger charge is 2.30. The summed E-state index contributed by atoms with van der Waals surface area (Å²) in [4.78, 5) is 24.9. The zero-order chi connectivity index (χ0) is 24.8. The number of unbranched alkanes of at least 4 members (excludes halogenated alkanes) is 1. The maximum atomic E-state index is 13.8. The largest absolute Gasteiger partial charge is 0.485 e. The van der Waals surface area contributed by atoms with Crippen molar-refractivity contribution in [3.05, 3.63) is 24.0 Å². The van der Waals surface area contributed by atoms with Crippen LogP contribution in [0.3, 0.4) is 0 Å². The number of ether oxygens (including phenoxy) is 1. The molecule has 2 rings (SSSR count). The van der Waals surface area contributed by atoms with Gasteiger partial charge in [-0.3, -0.25) is 19.8 Å². The zero-order valence-electron chi connectivity index (χ0n) is 19.1. The molecule has 1 fully saturated rings. The van der Waals surface area contributed by atoms with Crippen molar-refractivity contribution in [3.63, 3.8) is 0 Å². The third-order valence-corrected chi connectivity index (χ3v) is 7.70. The van der Waals surface area contributed by atoms with Gasteiger partial charge in [0.1, 0.15) is 6.61 Å². The van der Waals surface area contributed by atoms with Crippen molar-refractivity contribution in [2.45, 2.75) is 63.3 Å². The first-order chi connectivity index (χ1) is 15.3. The molecule has 0 radical (unpaired) electrons. The number of amides is 2. The molecule has 0 spiro atoms. The Morgan fingerprint density at radius 1 is 1.24 bits per heavy atom. The standard InChI is InChI=1S/C22H31F3N2O5S/c1-22(2,10-4-5-11-27(3)17-8-9-20(28)26-21(17)29)14-33(30,31)15-6-7-16(23)18(12-15)32-13-19(24)25/h6-7,12,17,19H,4-5,8-11,13-14H2,1-3H3,(H,26,28,29). The molecule has 0 saturated carbocycles. The van der Waals surface area contributed by atoms with Gasteiger partial charge in [-0.25, -0.2) is 21.6 Å². The maximum absolute atomic E-state index is 13.8. The predicted molar refractivity (Wildman–Crippen MR) is 116 cm³/mol. The summed E-state index contributed by atoms with van der Waals surface area (Å²) in [7, 11) is -1.99. The topological polar surface area (TPSA) is 92.8 Å². The highest BCUT2D eigenvalue weighted by molar-refractivity contribution is 7.91. The lowest BCUT2D eigenvalue weighted by atomic mass is 9.89. The minimum Gasteiger partial charge on any atom is -0.485 e. The average molecular weight is 493 g/mol. The number of carbonyl (C=O) groups is 2. The number of nitrogens with one attached hydrogen (secondary N) is 1. The van der Waals surface area contributed by atoms with Gasteiger partial charge in [0.25, 0.3) is 6.43 Å². The molecule has 0 aliphatic carbocycles. The number of sulfone groups is 1. The van der Waals surface area contributed by atoms with E-state index >= 15 is 0 Å². The lowest BCUT2D eigenvalue weighted by Crippen LogP contribution is -2.51. The van der Waals surface area contributed by atoms with Crippen molar-refractivity contribution in [3.8, 4) is 5.75 Å². The van der Waals surface area contributed by atoms with Crippen molar-refractivity contribution in [1.29, 1.82) is 0 Å². The molecule has 186 valence electrons. The van der Waals surface area contributed by atoms with Crippen LogP contribution in [0.15, 0.2) is 23.1 Å². The van der Waals surface area contributed by atoms with Crippen molar-refractivity contribution in [2.75, 3.05) is 26.0 Å². The molecule has 33 heavy (non-hydrogen) atoms. The fourth-order valence-electron chi connectivity index (χ4n) is 3.83. The molecule has 1 aliphatic rings. The summed E-state index contributed by atoms with van der Waals surface area (Å²) < 4.78 is 68.9. The van der Waals surface area contributed by atoms with Crippen LogP contribution >= 0.6 is 0 Å². The zero-order valence-corrected chi connectivity index (χ0v) is 19.9. The molecule has 7 nitrogen and oxygen atoms in total. The predicted octanol–water partition coefficient (Wildman–Crippen LogP) is 3.18. The van der Waals surface area contributed by atoms with Crippen LogP contribution in [0.25, 0.3) is 0 Å². The van der Waals surface area contributed by atoms with Gasteiger partial charge in [0.05, 0.1) is 16.7 Å². The van der Waals surface area contributed by atoms with Crippen LogP contribution in [0.5, 0.6) is 5.75 Å². The van der Waals surface area contributed by atoms with Gasteiger partial charge in [-0.1, -0.05) is 20.3 Å². The van der Waals surface area contributed by atoms with Crippen LogP contribution in [0.1, 0.15) is 46.0 Å². The number of rotatable bonds is 12. The SMILES string of the molecule is CN(CCCCC(C)(C)CS(=O)(=O)c1ccc(F)c(OCC(F)F)c1)C1CCC(=O)NC1=O. The Morgan fingerprint density at radius 3 is 2.58 bits per heavy atom. The van der Waals surface area contributed by atoms with Crippen LogP contribution in [0.4, 0.5) is 13.2 Å². The Bertz CT molecular complexity index is 953. The summed E-state index contributed by atoms with van der Waals surface area (Å²) in [6.45, 7) is 3.22. The number of hydrogen-bond donors (Lipinski definition) is 1. The number of halogens is 3. The summed E-state index contributed by atoms with van der Waals surface area (Å²) in [6.07, 6.45) is 0.0187. The molecule has 1 aliphatic heterocycles. The van der Waals surface area contributed by atoms with E-state index in [9.17, 15) is 31.2 Å². The fourth-order valence-corrected chi connectivity index (χ4v) is 5.74. The molecule has 2 amide bonds. The molecule has 1 N–H and O–H groups in total. The van der Waals surface area contributed by atoms with E-state index in [1.165, 1.54) is 0 Å². The molecule has 1 aromatic carbocycles. The number of carbonyl (C=O) groups excluding carboxylic acids is 2. The monoisotopic (exact) mass is 492 g/mol. The molecule has 1 unspecified atom stereocenters. The molecule has 1 aromatic rings. The molecular weight excluding hydrogens is 461 g/mol. The first kappa shape index (κ1) is 27.1. The number of piperidine rings is 1. The first-order valence-corrected chi connectivity index (χ1v) is 12.4. The number of likely N-dealkylation sites (N-methyl/N-ethyl adjacent to an activating group) is 1. The van der Waals surface area contributed by atoms with Gasteiger partial charge in [-0.05, 0) is 50.4 Å². The highest BCUT2D eigenvalue weighted by Crippen LogP contribution is 2.30. The lowest BCUT2D eigenvalue weighted by molar-refractivity contribution is -0.137. The normalized spacial score (nSPS) is 17.5. The van der Waals surface area contributed by atoms with Crippen LogP contribution in [-0.2, 0) is 19.4 Å². The van der Waals surface area contributed by atoms with Gasteiger partial charge in [-0.15, -0.1) is 0 Å². The molecule has 1 saturated heterocycles. The second-order valence-electron chi connectivity index (χ2n) is 9.12. The van der Waals surface area contributed by atoms with E-state index < -0.39 is 39.9 Å². The third kappa shape index (κ3) is 8.29. The first-order valence-electron chi connectivity index (χ1n) is 10.8. The van der Waals surface area contributed by atoms with Crippen molar-refractivity contribution in [1.82, 2.24) is 10.2 Å². The number of nitrogens with zero attached hydrogens (tertiary/aromatic N) is 1. The molecular formula is C22H31F3N2O5S. The second kappa shape index (κ2) is 11.3. The summed E-state index contributed by atoms with van der Waals surface area (Å²) in [5, 5.41) is 2.33. The minimum atomic E-state index is -3.81. The summed E-state index contributed by atoms with van der Waals surface area (Å²) in [5.41, 5.74) is -0.593. The Hall–Kier alpha value is -2.14. The van der Waals surface area contributed by atoms with Gasteiger partial charge >= 0.3 is 0 Å². The van der Waals surface area contributed by atoms with E-state index in [4.69, 9.17) is 0 Å². The van der Waals surface area contributed by atoms with E-state index in [-0.39, 0.29) is 28.5 Å². The Morgan fingerprint density at radius 2 is 1.94 bits per heavy atom. The van der Waals surface area contributed by atoms with Crippen LogP contribution in [0, 0.1) is 11.2 Å². The van der Waals surface area contributed by atoms with Crippen LogP contribution < -0.4 is 10.1 Å². The molecule has 1 atom stereocenters. The molecule has 11 heteroatoms. The Balaban J connectivity index is 1.89. The number of benzene rings is 1. The number of imide groups is 1. The van der Waals surface area contributed by atoms with E-state index in [2.05, 4.69) is 10.1 Å². The van der Waals surface area contributed by atoms with Crippen molar-refractivity contribution >= 4 is 21.7 Å². The summed E-state index contributed by atoms with van der Waals surface area (Å²) in [6, 6.07) is 2.59. The van der Waals surface area contributed by atoms with Crippen LogP contribution in [-0.4, -0.2) is 63.6 Å². The van der Waals surface area contributed by atoms with E-state index in [0.29, 0.717) is 32.2 Å². The average Bonchev–Trinajstić information content (AvgIpc) is 2.69. The van der Waals surface area contributed by atoms with E-state index in [1.54, 1.807) is 0 Å². The lowest BCUT2D eigenvalue weighted by Gasteiger charge is -2.30. The van der Waals surface area contributed by atoms with E-state index in [0.717, 1.165) is 24.6 Å². The second-order valence-corrected chi connectivity index (χ2v) is 11.1. The van der Waals surface area contributed by atoms with E-state index in [1.807, 2.05) is 25.8 Å². The van der Waals surface area contributed by atoms with Gasteiger partial charge in [0, 0.05) is 12.5 Å². The van der Waals surface area contributed by atoms with Gasteiger partial charge in [0.15, 0.2) is 21.4 Å². The fraction of sp³-hybridized carbons (Fsp3) is 0.636. The maximum Gasteiger partial charge on any atom is 0.272 e. The van der Waals surface area contributed by atoms with Gasteiger partial charge < -0.3 is 4.74 Å². The Kier molecular flexibility index (Phi) is 9.30. The third-order valence-electron chi connectivity index (χ3n) is 5.56. The smallest absolute Gasteiger partial charge is 0.272 e. The number of hydrogen-bond acceptors (Lipinski definition) is 6.